The fourth-order valence-corrected chi connectivity index (χ4v) is 6.92. The van der Waals surface area contributed by atoms with E-state index in [1.165, 1.54) is 35.9 Å². The average molecular weight is 780 g/mol. The van der Waals surface area contributed by atoms with Crippen molar-refractivity contribution in [2.24, 2.45) is 5.16 Å². The number of thioether (sulfide) groups is 1. The Morgan fingerprint density at radius 1 is 1.02 bits per heavy atom. The van der Waals surface area contributed by atoms with E-state index in [-0.39, 0.29) is 29.0 Å². The van der Waals surface area contributed by atoms with Gasteiger partial charge in [0.1, 0.15) is 46.4 Å². The molecule has 0 unspecified atom stereocenters. The van der Waals surface area contributed by atoms with Crippen LogP contribution in [0.25, 0.3) is 0 Å². The Bertz CT molecular complexity index is 1760. The van der Waals surface area contributed by atoms with Gasteiger partial charge in [-0.2, -0.15) is 0 Å². The molecule has 1 aromatic heterocycles. The van der Waals surface area contributed by atoms with Gasteiger partial charge >= 0.3 is 18.0 Å². The SMILES string of the molecule is COc1ccc(COC(=O)C2=C(CCl)CS[C@@H]3[C@H](NC(=O)/C(=N/OC(C)(C)C(=O)OC(C)(C)C)c4csc(NC(=O)OC(C)(C)C)n4)C(=O)N23)cc1. The fourth-order valence-electron chi connectivity index (χ4n) is 4.56. The smallest absolute Gasteiger partial charge is 0.413 e. The number of benzene rings is 1. The highest BCUT2D eigenvalue weighted by atomic mass is 35.5. The molecule has 0 aliphatic carbocycles. The summed E-state index contributed by atoms with van der Waals surface area (Å²) in [6.45, 7) is 13.0. The lowest BCUT2D eigenvalue weighted by Crippen LogP contribution is -2.71. The van der Waals surface area contributed by atoms with E-state index >= 15 is 0 Å². The van der Waals surface area contributed by atoms with Gasteiger partial charge in [-0.25, -0.2) is 19.4 Å². The number of fused-ring (bicyclic) bond motifs is 1. The molecule has 3 amide bonds. The van der Waals surface area contributed by atoms with Gasteiger partial charge in [-0.15, -0.1) is 34.7 Å². The molecule has 2 aliphatic heterocycles. The molecule has 15 nitrogen and oxygen atoms in total. The number of oxime groups is 1. The Hall–Kier alpha value is -4.35. The highest BCUT2D eigenvalue weighted by Gasteiger charge is 2.54. The molecule has 0 saturated carbocycles. The quantitative estimate of drug-likeness (QED) is 0.0737. The van der Waals surface area contributed by atoms with Crippen LogP contribution in [0.4, 0.5) is 9.93 Å². The summed E-state index contributed by atoms with van der Waals surface area (Å²) in [4.78, 5) is 77.1. The van der Waals surface area contributed by atoms with E-state index in [0.717, 1.165) is 11.3 Å². The van der Waals surface area contributed by atoms with E-state index in [1.54, 1.807) is 72.9 Å². The Morgan fingerprint density at radius 3 is 2.27 bits per heavy atom. The molecule has 1 aromatic carbocycles. The van der Waals surface area contributed by atoms with Crippen molar-refractivity contribution in [2.75, 3.05) is 24.1 Å². The van der Waals surface area contributed by atoms with Crippen molar-refractivity contribution in [3.63, 3.8) is 0 Å². The summed E-state index contributed by atoms with van der Waals surface area (Å²) in [5.74, 6) is -2.00. The van der Waals surface area contributed by atoms with Crippen molar-refractivity contribution in [1.29, 1.82) is 0 Å². The molecule has 0 bridgehead atoms. The predicted octanol–water partition coefficient (Wildman–Crippen LogP) is 4.98. The van der Waals surface area contributed by atoms with Crippen LogP contribution in [0, 0.1) is 0 Å². The van der Waals surface area contributed by atoms with Gasteiger partial charge in [0.25, 0.3) is 11.8 Å². The lowest BCUT2D eigenvalue weighted by Gasteiger charge is -2.49. The number of anilines is 1. The highest BCUT2D eigenvalue weighted by Crippen LogP contribution is 2.41. The first kappa shape index (κ1) is 40.4. The summed E-state index contributed by atoms with van der Waals surface area (Å²) in [7, 11) is 1.54. The van der Waals surface area contributed by atoms with Crippen molar-refractivity contribution >= 4 is 75.4 Å². The van der Waals surface area contributed by atoms with Gasteiger partial charge < -0.3 is 29.1 Å². The van der Waals surface area contributed by atoms with Crippen molar-refractivity contribution in [1.82, 2.24) is 15.2 Å². The number of rotatable bonds is 12. The minimum Gasteiger partial charge on any atom is -0.497 e. The number of thiazole rings is 1. The number of nitrogens with one attached hydrogen (secondary N) is 2. The number of esters is 2. The number of amides is 3. The van der Waals surface area contributed by atoms with E-state index in [0.29, 0.717) is 22.6 Å². The van der Waals surface area contributed by atoms with Crippen molar-refractivity contribution < 1.29 is 47.8 Å². The first-order chi connectivity index (χ1) is 24.2. The van der Waals surface area contributed by atoms with Gasteiger partial charge in [0.15, 0.2) is 10.8 Å². The molecule has 282 valence electrons. The zero-order chi connectivity index (χ0) is 38.6. The van der Waals surface area contributed by atoms with Crippen molar-refractivity contribution in [3.8, 4) is 5.75 Å². The van der Waals surface area contributed by atoms with Crippen LogP contribution in [-0.4, -0.2) is 92.4 Å². The molecule has 4 rings (SSSR count). The van der Waals surface area contributed by atoms with E-state index < -0.39 is 63.8 Å². The average Bonchev–Trinajstić information content (AvgIpc) is 3.51. The number of ether oxygens (including phenoxy) is 4. The maximum atomic E-state index is 13.8. The minimum absolute atomic E-state index is 0.0153. The first-order valence-corrected chi connectivity index (χ1v) is 18.5. The molecular formula is C34H42ClN5O10S2. The fraction of sp³-hybridized carbons (Fsp3) is 0.500. The van der Waals surface area contributed by atoms with Crippen LogP contribution in [0.3, 0.4) is 0 Å². The van der Waals surface area contributed by atoms with Gasteiger partial charge in [0.2, 0.25) is 5.60 Å². The largest absolute Gasteiger partial charge is 0.497 e. The number of carbonyl (C=O) groups excluding carboxylic acids is 5. The molecule has 1 fully saturated rings. The number of halogens is 1. The van der Waals surface area contributed by atoms with Crippen LogP contribution in [0.2, 0.25) is 0 Å². The summed E-state index contributed by atoms with van der Waals surface area (Å²) in [6, 6.07) is 5.88. The molecule has 3 heterocycles. The number of hydrogen-bond acceptors (Lipinski definition) is 14. The number of methoxy groups -OCH3 is 1. The van der Waals surface area contributed by atoms with E-state index in [1.807, 2.05) is 0 Å². The maximum Gasteiger partial charge on any atom is 0.413 e. The maximum absolute atomic E-state index is 13.8. The number of aromatic nitrogens is 1. The topological polar surface area (TPSA) is 184 Å². The summed E-state index contributed by atoms with van der Waals surface area (Å²) in [5.41, 5.74) is -2.42. The predicted molar refractivity (Wildman–Crippen MR) is 195 cm³/mol. The van der Waals surface area contributed by atoms with Gasteiger partial charge in [0.05, 0.1) is 7.11 Å². The first-order valence-electron chi connectivity index (χ1n) is 16.0. The van der Waals surface area contributed by atoms with Crippen LogP contribution in [-0.2, 0) is 44.8 Å². The Labute approximate surface area is 314 Å². The normalized spacial score (nSPS) is 17.8. The minimum atomic E-state index is -1.64. The third-order valence-electron chi connectivity index (χ3n) is 7.04. The zero-order valence-electron chi connectivity index (χ0n) is 30.3. The molecule has 2 atom stereocenters. The monoisotopic (exact) mass is 779 g/mol. The second-order valence-corrected chi connectivity index (χ2v) is 16.3. The summed E-state index contributed by atoms with van der Waals surface area (Å²) >= 11 is 8.46. The molecule has 2 aliphatic rings. The summed E-state index contributed by atoms with van der Waals surface area (Å²) in [6.07, 6.45) is -0.768. The van der Waals surface area contributed by atoms with Gasteiger partial charge in [-0.1, -0.05) is 17.3 Å². The second kappa shape index (κ2) is 16.1. The van der Waals surface area contributed by atoms with E-state index in [2.05, 4.69) is 20.8 Å². The molecule has 0 radical (unpaired) electrons. The van der Waals surface area contributed by atoms with Gasteiger partial charge in [0, 0.05) is 17.0 Å². The zero-order valence-corrected chi connectivity index (χ0v) is 32.7. The number of hydrogen-bond donors (Lipinski definition) is 2. The number of nitrogens with zero attached hydrogens (tertiary/aromatic N) is 3. The Balaban J connectivity index is 1.54. The molecule has 18 heteroatoms. The standard InChI is InChI=1S/C34H42ClN5O10S2/c1-32(2,3)48-29(44)34(7,8)50-39-22(21-17-52-30(36-21)38-31(45)49-33(4,5)6)25(41)37-23-26(42)40-24(19(14-35)16-51-27(23)40)28(43)47-15-18-10-12-20(46-9)13-11-18/h10-13,17,23,27H,14-16H2,1-9H3,(H,37,41)(H,36,38,45)/b39-22+/t23-,27-/m1/s1. The van der Waals surface area contributed by atoms with Crippen LogP contribution in [0.15, 0.2) is 46.1 Å². The van der Waals surface area contributed by atoms with Crippen LogP contribution in [0.1, 0.15) is 66.6 Å². The molecule has 2 N–H and O–H groups in total. The highest BCUT2D eigenvalue weighted by molar-refractivity contribution is 8.00. The number of β-lactam (4-membered cyclic amide) rings is 1. The van der Waals surface area contributed by atoms with Crippen LogP contribution in [0.5, 0.6) is 5.75 Å². The van der Waals surface area contributed by atoms with Crippen molar-refractivity contribution in [3.05, 3.63) is 52.2 Å². The lowest BCUT2D eigenvalue weighted by atomic mass is 10.0. The molecule has 2 aromatic rings. The lowest BCUT2D eigenvalue weighted by molar-refractivity contribution is -0.179. The van der Waals surface area contributed by atoms with Crippen molar-refractivity contribution in [2.45, 2.75) is 90.2 Å². The molecule has 1 saturated heterocycles. The van der Waals surface area contributed by atoms with E-state index in [4.69, 9.17) is 35.4 Å². The molecule has 0 spiro atoms. The van der Waals surface area contributed by atoms with Gasteiger partial charge in [-0.05, 0) is 78.7 Å². The summed E-state index contributed by atoms with van der Waals surface area (Å²) < 4.78 is 21.4. The number of alkyl halides is 1. The Morgan fingerprint density at radius 2 is 1.67 bits per heavy atom. The Kier molecular flexibility index (Phi) is 12.5. The third kappa shape index (κ3) is 10.2. The molecule has 52 heavy (non-hydrogen) atoms. The van der Waals surface area contributed by atoms with Crippen LogP contribution >= 0.6 is 34.7 Å². The third-order valence-corrected chi connectivity index (χ3v) is 9.46. The summed E-state index contributed by atoms with van der Waals surface area (Å²) in [5, 5.41) is 10.0. The molecular weight excluding hydrogens is 738 g/mol. The van der Waals surface area contributed by atoms with E-state index in [9.17, 15) is 24.0 Å². The second-order valence-electron chi connectivity index (χ2n) is 14.1. The van der Waals surface area contributed by atoms with Crippen LogP contribution < -0.4 is 15.4 Å². The van der Waals surface area contributed by atoms with Gasteiger partial charge in [-0.3, -0.25) is 19.8 Å². The number of carbonyl (C=O) groups is 5.